The maximum atomic E-state index is 12.1. The number of carboxylic acid groups (broad SMARTS) is 1. The summed E-state index contributed by atoms with van der Waals surface area (Å²) in [4.78, 5) is 22.9. The zero-order chi connectivity index (χ0) is 14.6. The first-order valence-corrected chi connectivity index (χ1v) is 6.33. The molecular formula is C12H19F2NO4. The smallest absolute Gasteiger partial charge is 0.307 e. The van der Waals surface area contributed by atoms with Gasteiger partial charge in [0.05, 0.1) is 11.8 Å². The van der Waals surface area contributed by atoms with Crippen LogP contribution in [0.5, 0.6) is 0 Å². The molecule has 1 fully saturated rings. The Hall–Kier alpha value is -1.24. The van der Waals surface area contributed by atoms with E-state index < -0.39 is 42.8 Å². The van der Waals surface area contributed by atoms with E-state index in [1.807, 2.05) is 6.92 Å². The highest BCUT2D eigenvalue weighted by atomic mass is 19.3. The average Bonchev–Trinajstić information content (AvgIpc) is 2.79. The second-order valence-electron chi connectivity index (χ2n) is 4.94. The number of carbonyl (C=O) groups excluding carboxylic acids is 1. The molecular weight excluding hydrogens is 260 g/mol. The van der Waals surface area contributed by atoms with E-state index in [0.717, 1.165) is 6.42 Å². The van der Waals surface area contributed by atoms with Crippen LogP contribution < -0.4 is 5.32 Å². The fourth-order valence-corrected chi connectivity index (χ4v) is 2.46. The third-order valence-electron chi connectivity index (χ3n) is 3.67. The number of halogens is 2. The number of aliphatic hydroxyl groups excluding tert-OH is 1. The number of hydrogen-bond acceptors (Lipinski definition) is 3. The van der Waals surface area contributed by atoms with E-state index in [1.165, 1.54) is 0 Å². The Balaban J connectivity index is 2.56. The van der Waals surface area contributed by atoms with Crippen LogP contribution in [0.4, 0.5) is 8.78 Å². The van der Waals surface area contributed by atoms with Gasteiger partial charge < -0.3 is 15.5 Å². The van der Waals surface area contributed by atoms with Gasteiger partial charge in [0, 0.05) is 6.54 Å². The number of aliphatic carboxylic acids is 1. The number of alkyl halides is 2. The average molecular weight is 279 g/mol. The first-order chi connectivity index (χ1) is 8.86. The molecule has 4 unspecified atom stereocenters. The molecule has 1 aliphatic carbocycles. The topological polar surface area (TPSA) is 86.6 Å². The molecule has 0 aromatic rings. The summed E-state index contributed by atoms with van der Waals surface area (Å²) < 4.78 is 24.2. The molecule has 1 amide bonds. The lowest BCUT2D eigenvalue weighted by molar-refractivity contribution is -0.146. The molecule has 0 saturated heterocycles. The summed E-state index contributed by atoms with van der Waals surface area (Å²) in [5.74, 6) is -2.91. The molecule has 0 heterocycles. The predicted octanol–water partition coefficient (Wildman–Crippen LogP) is 0.866. The molecule has 3 N–H and O–H groups in total. The molecule has 4 atom stereocenters. The Morgan fingerprint density at radius 1 is 1.32 bits per heavy atom. The molecule has 0 aromatic heterocycles. The van der Waals surface area contributed by atoms with Crippen LogP contribution in [-0.4, -0.2) is 41.2 Å². The van der Waals surface area contributed by atoms with Crippen LogP contribution in [0, 0.1) is 17.8 Å². The number of carbonyl (C=O) groups is 2. The molecule has 1 aliphatic rings. The molecule has 0 spiro atoms. The van der Waals surface area contributed by atoms with Crippen molar-refractivity contribution >= 4 is 11.9 Å². The van der Waals surface area contributed by atoms with Crippen molar-refractivity contribution in [2.45, 2.75) is 38.7 Å². The molecule has 5 nitrogen and oxygen atoms in total. The summed E-state index contributed by atoms with van der Waals surface area (Å²) >= 11 is 0. The Morgan fingerprint density at radius 3 is 2.37 bits per heavy atom. The molecule has 19 heavy (non-hydrogen) atoms. The maximum absolute atomic E-state index is 12.1. The van der Waals surface area contributed by atoms with Gasteiger partial charge in [0.1, 0.15) is 6.10 Å². The Kier molecular flexibility index (Phi) is 5.65. The zero-order valence-electron chi connectivity index (χ0n) is 10.7. The lowest BCUT2D eigenvalue weighted by Crippen LogP contribution is -2.41. The maximum Gasteiger partial charge on any atom is 0.307 e. The summed E-state index contributed by atoms with van der Waals surface area (Å²) in [6, 6.07) is 0. The molecule has 0 radical (unpaired) electrons. The summed E-state index contributed by atoms with van der Waals surface area (Å²) in [5.41, 5.74) is 0. The van der Waals surface area contributed by atoms with E-state index in [4.69, 9.17) is 10.2 Å². The third-order valence-corrected chi connectivity index (χ3v) is 3.67. The molecule has 1 rings (SSSR count). The number of aliphatic hydroxyl groups is 1. The fraction of sp³-hybridized carbons (Fsp3) is 0.833. The monoisotopic (exact) mass is 279 g/mol. The van der Waals surface area contributed by atoms with E-state index in [-0.39, 0.29) is 5.92 Å². The fourth-order valence-electron chi connectivity index (χ4n) is 2.46. The second-order valence-corrected chi connectivity index (χ2v) is 4.94. The molecule has 7 heteroatoms. The number of amides is 1. The van der Waals surface area contributed by atoms with Gasteiger partial charge in [-0.2, -0.15) is 0 Å². The van der Waals surface area contributed by atoms with Crippen LogP contribution in [-0.2, 0) is 9.59 Å². The number of nitrogens with one attached hydrogen (secondary N) is 1. The Bertz CT molecular complexity index is 338. The van der Waals surface area contributed by atoms with Gasteiger partial charge in [-0.05, 0) is 18.8 Å². The summed E-state index contributed by atoms with van der Waals surface area (Å²) in [5, 5.41) is 20.2. The van der Waals surface area contributed by atoms with Crippen molar-refractivity contribution in [1.82, 2.24) is 5.32 Å². The van der Waals surface area contributed by atoms with Crippen molar-refractivity contribution in [1.29, 1.82) is 0 Å². The standard InChI is InChI=1S/C12H19F2NO4/c1-2-6-3-7(8(4-6)12(18)19)11(17)15-5-9(16)10(13)14/h6-10,16H,2-5H2,1H3,(H,15,17)(H,18,19). The Morgan fingerprint density at radius 2 is 1.89 bits per heavy atom. The van der Waals surface area contributed by atoms with Crippen LogP contribution in [0.25, 0.3) is 0 Å². The first-order valence-electron chi connectivity index (χ1n) is 6.33. The summed E-state index contributed by atoms with van der Waals surface area (Å²) in [6.45, 7) is 1.36. The van der Waals surface area contributed by atoms with Gasteiger partial charge in [0.2, 0.25) is 5.91 Å². The van der Waals surface area contributed by atoms with Crippen molar-refractivity contribution in [2.75, 3.05) is 6.54 Å². The van der Waals surface area contributed by atoms with E-state index in [1.54, 1.807) is 0 Å². The van der Waals surface area contributed by atoms with Crippen LogP contribution >= 0.6 is 0 Å². The van der Waals surface area contributed by atoms with Crippen molar-refractivity contribution < 1.29 is 28.6 Å². The van der Waals surface area contributed by atoms with Crippen molar-refractivity contribution in [2.24, 2.45) is 17.8 Å². The lowest BCUT2D eigenvalue weighted by Gasteiger charge is -2.17. The van der Waals surface area contributed by atoms with Crippen molar-refractivity contribution in [3.63, 3.8) is 0 Å². The van der Waals surface area contributed by atoms with Gasteiger partial charge in [0.25, 0.3) is 6.43 Å². The van der Waals surface area contributed by atoms with Crippen LogP contribution in [0.2, 0.25) is 0 Å². The highest BCUT2D eigenvalue weighted by Crippen LogP contribution is 2.38. The van der Waals surface area contributed by atoms with Crippen molar-refractivity contribution in [3.8, 4) is 0 Å². The van der Waals surface area contributed by atoms with E-state index >= 15 is 0 Å². The third kappa shape index (κ3) is 4.12. The van der Waals surface area contributed by atoms with E-state index in [0.29, 0.717) is 12.8 Å². The number of rotatable bonds is 6. The summed E-state index contributed by atoms with van der Waals surface area (Å²) in [6.07, 6.45) is -3.18. The van der Waals surface area contributed by atoms with Crippen LogP contribution in [0.15, 0.2) is 0 Å². The van der Waals surface area contributed by atoms with Gasteiger partial charge >= 0.3 is 5.97 Å². The van der Waals surface area contributed by atoms with Gasteiger partial charge in [-0.25, -0.2) is 8.78 Å². The highest BCUT2D eigenvalue weighted by Gasteiger charge is 2.42. The van der Waals surface area contributed by atoms with Crippen LogP contribution in [0.3, 0.4) is 0 Å². The SMILES string of the molecule is CCC1CC(C(=O)O)C(C(=O)NCC(O)C(F)F)C1. The first kappa shape index (κ1) is 15.8. The number of hydrogen-bond donors (Lipinski definition) is 3. The Labute approximate surface area is 110 Å². The second kappa shape index (κ2) is 6.79. The van der Waals surface area contributed by atoms with Gasteiger partial charge in [-0.3, -0.25) is 9.59 Å². The highest BCUT2D eigenvalue weighted by molar-refractivity contribution is 5.85. The van der Waals surface area contributed by atoms with Crippen LogP contribution in [0.1, 0.15) is 26.2 Å². The van der Waals surface area contributed by atoms with E-state index in [2.05, 4.69) is 5.32 Å². The minimum absolute atomic E-state index is 0.164. The van der Waals surface area contributed by atoms with E-state index in [9.17, 15) is 18.4 Å². The largest absolute Gasteiger partial charge is 0.481 e. The molecule has 110 valence electrons. The minimum atomic E-state index is -2.93. The lowest BCUT2D eigenvalue weighted by atomic mass is 9.95. The molecule has 0 aliphatic heterocycles. The minimum Gasteiger partial charge on any atom is -0.481 e. The van der Waals surface area contributed by atoms with Gasteiger partial charge in [0.15, 0.2) is 0 Å². The van der Waals surface area contributed by atoms with Crippen molar-refractivity contribution in [3.05, 3.63) is 0 Å². The quantitative estimate of drug-likeness (QED) is 0.673. The normalized spacial score (nSPS) is 28.4. The van der Waals surface area contributed by atoms with Gasteiger partial charge in [-0.1, -0.05) is 13.3 Å². The predicted molar refractivity (Wildman–Crippen MR) is 62.7 cm³/mol. The summed E-state index contributed by atoms with van der Waals surface area (Å²) in [7, 11) is 0. The zero-order valence-corrected chi connectivity index (χ0v) is 10.7. The van der Waals surface area contributed by atoms with Gasteiger partial charge in [-0.15, -0.1) is 0 Å². The molecule has 1 saturated carbocycles. The molecule has 0 bridgehead atoms. The number of carboxylic acids is 1. The molecule has 0 aromatic carbocycles.